The van der Waals surface area contributed by atoms with E-state index in [4.69, 9.17) is 0 Å². The van der Waals surface area contributed by atoms with Crippen LogP contribution in [0.5, 0.6) is 0 Å². The molecule has 0 fully saturated rings. The minimum absolute atomic E-state index is 0.0882. The van der Waals surface area contributed by atoms with Crippen molar-refractivity contribution < 1.29 is 22.7 Å². The Labute approximate surface area is 151 Å². The predicted molar refractivity (Wildman–Crippen MR) is 96.3 cm³/mol. The highest BCUT2D eigenvalue weighted by Crippen LogP contribution is 2.12. The van der Waals surface area contributed by atoms with Gasteiger partial charge in [0.2, 0.25) is 10.0 Å². The molecule has 0 saturated carbocycles. The van der Waals surface area contributed by atoms with Crippen LogP contribution in [-0.4, -0.2) is 34.6 Å². The summed E-state index contributed by atoms with van der Waals surface area (Å²) in [7, 11) is -0.932. The molecule has 138 valence electrons. The van der Waals surface area contributed by atoms with Gasteiger partial charge in [0.15, 0.2) is 0 Å². The molecule has 3 N–H and O–H groups in total. The highest BCUT2D eigenvalue weighted by molar-refractivity contribution is 7.89. The van der Waals surface area contributed by atoms with Gasteiger partial charge in [0.1, 0.15) is 0 Å². The number of hydrogen-bond acceptors (Lipinski definition) is 5. The topological polar surface area (TPSA) is 114 Å². The van der Waals surface area contributed by atoms with Crippen molar-refractivity contribution in [1.82, 2.24) is 10.0 Å². The first-order chi connectivity index (χ1) is 12.4. The van der Waals surface area contributed by atoms with E-state index in [1.807, 2.05) is 0 Å². The Hall–Kier alpha value is -2.91. The predicted octanol–water partition coefficient (Wildman–Crippen LogP) is 1.70. The smallest absolute Gasteiger partial charge is 0.411 e. The lowest BCUT2D eigenvalue weighted by atomic mass is 10.2. The first-order valence-corrected chi connectivity index (χ1v) is 9.10. The van der Waals surface area contributed by atoms with Crippen LogP contribution in [0.25, 0.3) is 0 Å². The Kier molecular flexibility index (Phi) is 6.31. The number of nitrogens with one attached hydrogen (secondary N) is 3. The average Bonchev–Trinajstić information content (AvgIpc) is 2.67. The summed E-state index contributed by atoms with van der Waals surface area (Å²) in [6.45, 7) is 0.286. The number of rotatable bonds is 6. The van der Waals surface area contributed by atoms with Crippen LogP contribution in [0.1, 0.15) is 15.9 Å². The van der Waals surface area contributed by atoms with Crippen LogP contribution >= 0.6 is 0 Å². The molecule has 2 aromatic carbocycles. The van der Waals surface area contributed by atoms with Crippen LogP contribution in [-0.2, 0) is 21.3 Å². The molecule has 0 aliphatic rings. The largest absolute Gasteiger partial charge is 0.453 e. The van der Waals surface area contributed by atoms with Gasteiger partial charge < -0.3 is 10.1 Å². The van der Waals surface area contributed by atoms with Gasteiger partial charge in [-0.1, -0.05) is 12.1 Å². The molecule has 0 radical (unpaired) electrons. The van der Waals surface area contributed by atoms with Gasteiger partial charge >= 0.3 is 6.09 Å². The average molecular weight is 377 g/mol. The molecule has 0 heterocycles. The third-order valence-electron chi connectivity index (χ3n) is 3.53. The Morgan fingerprint density at radius 1 is 1.00 bits per heavy atom. The minimum atomic E-state index is -3.53. The first kappa shape index (κ1) is 19.4. The monoisotopic (exact) mass is 377 g/mol. The Morgan fingerprint density at radius 3 is 2.15 bits per heavy atom. The van der Waals surface area contributed by atoms with Gasteiger partial charge in [-0.3, -0.25) is 10.1 Å². The van der Waals surface area contributed by atoms with Gasteiger partial charge in [0, 0.05) is 17.8 Å². The fourth-order valence-electron chi connectivity index (χ4n) is 2.06. The maximum atomic E-state index is 12.2. The molecule has 9 heteroatoms. The summed E-state index contributed by atoms with van der Waals surface area (Å²) in [6.07, 6.45) is -0.560. The van der Waals surface area contributed by atoms with Crippen LogP contribution in [0, 0.1) is 0 Å². The standard InChI is InChI=1S/C17H19N3O5S/c1-18-26(23,24)15-9-5-13(6-10-15)16(21)19-11-12-3-7-14(8-4-12)20-17(22)25-2/h3-10,18H,11H2,1-2H3,(H,19,21)(H,20,22). The maximum absolute atomic E-state index is 12.2. The highest BCUT2D eigenvalue weighted by atomic mass is 32.2. The van der Waals surface area contributed by atoms with Gasteiger partial charge in [-0.2, -0.15) is 0 Å². The molecule has 2 aromatic rings. The van der Waals surface area contributed by atoms with Crippen molar-refractivity contribution in [1.29, 1.82) is 0 Å². The molecular weight excluding hydrogens is 358 g/mol. The zero-order valence-electron chi connectivity index (χ0n) is 14.3. The van der Waals surface area contributed by atoms with Crippen LogP contribution in [0.4, 0.5) is 10.5 Å². The molecule has 0 aliphatic carbocycles. The molecular formula is C17H19N3O5S. The van der Waals surface area contributed by atoms with Crippen molar-refractivity contribution in [3.63, 3.8) is 0 Å². The summed E-state index contributed by atoms with van der Waals surface area (Å²) in [5.41, 5.74) is 1.76. The second-order valence-corrected chi connectivity index (χ2v) is 7.11. The number of carbonyl (C=O) groups is 2. The molecule has 0 spiro atoms. The summed E-state index contributed by atoms with van der Waals surface area (Å²) in [5.74, 6) is -0.324. The van der Waals surface area contributed by atoms with Crippen LogP contribution in [0.15, 0.2) is 53.4 Å². The Balaban J connectivity index is 1.95. The van der Waals surface area contributed by atoms with Gasteiger partial charge in [-0.15, -0.1) is 0 Å². The van der Waals surface area contributed by atoms with Crippen LogP contribution < -0.4 is 15.4 Å². The van der Waals surface area contributed by atoms with E-state index in [0.29, 0.717) is 11.3 Å². The molecule has 0 atom stereocenters. The molecule has 0 aromatic heterocycles. The van der Waals surface area contributed by atoms with E-state index in [9.17, 15) is 18.0 Å². The number of methoxy groups -OCH3 is 1. The second-order valence-electron chi connectivity index (χ2n) is 5.23. The van der Waals surface area contributed by atoms with Gasteiger partial charge in [-0.25, -0.2) is 17.9 Å². The number of hydrogen-bond donors (Lipinski definition) is 3. The number of amides is 2. The number of ether oxygens (including phenoxy) is 1. The first-order valence-electron chi connectivity index (χ1n) is 7.61. The normalized spacial score (nSPS) is 10.8. The molecule has 0 saturated heterocycles. The molecule has 0 aliphatic heterocycles. The van der Waals surface area contributed by atoms with Crippen molar-refractivity contribution in [3.05, 3.63) is 59.7 Å². The van der Waals surface area contributed by atoms with E-state index in [1.54, 1.807) is 24.3 Å². The third kappa shape index (κ3) is 5.04. The lowest BCUT2D eigenvalue weighted by Gasteiger charge is -2.08. The highest BCUT2D eigenvalue weighted by Gasteiger charge is 2.12. The van der Waals surface area contributed by atoms with E-state index >= 15 is 0 Å². The zero-order valence-corrected chi connectivity index (χ0v) is 15.1. The molecule has 8 nitrogen and oxygen atoms in total. The van der Waals surface area contributed by atoms with Crippen molar-refractivity contribution in [3.8, 4) is 0 Å². The number of carbonyl (C=O) groups excluding carboxylic acids is 2. The molecule has 26 heavy (non-hydrogen) atoms. The SMILES string of the molecule is CNS(=O)(=O)c1ccc(C(=O)NCc2ccc(NC(=O)OC)cc2)cc1. The molecule has 2 amide bonds. The number of sulfonamides is 1. The van der Waals surface area contributed by atoms with E-state index in [0.717, 1.165) is 5.56 Å². The van der Waals surface area contributed by atoms with Gasteiger partial charge in [0.25, 0.3) is 5.91 Å². The summed E-state index contributed by atoms with van der Waals surface area (Å²) in [4.78, 5) is 23.3. The summed E-state index contributed by atoms with van der Waals surface area (Å²) in [5, 5.41) is 5.27. The fourth-order valence-corrected chi connectivity index (χ4v) is 2.79. The lowest BCUT2D eigenvalue weighted by molar-refractivity contribution is 0.0950. The molecule has 2 rings (SSSR count). The van der Waals surface area contributed by atoms with Crippen molar-refractivity contribution in [2.24, 2.45) is 0 Å². The van der Waals surface area contributed by atoms with Crippen LogP contribution in [0.3, 0.4) is 0 Å². The number of benzene rings is 2. The van der Waals surface area contributed by atoms with Gasteiger partial charge in [0.05, 0.1) is 12.0 Å². The van der Waals surface area contributed by atoms with Gasteiger partial charge in [-0.05, 0) is 49.0 Å². The fraction of sp³-hybridized carbons (Fsp3) is 0.176. The molecule has 0 bridgehead atoms. The Bertz CT molecular complexity index is 878. The molecule has 0 unspecified atom stereocenters. The van der Waals surface area contributed by atoms with Crippen molar-refractivity contribution in [2.75, 3.05) is 19.5 Å². The van der Waals surface area contributed by atoms with E-state index < -0.39 is 16.1 Å². The third-order valence-corrected chi connectivity index (χ3v) is 4.96. The van der Waals surface area contributed by atoms with E-state index in [2.05, 4.69) is 20.1 Å². The summed E-state index contributed by atoms with van der Waals surface area (Å²) < 4.78 is 30.0. The lowest BCUT2D eigenvalue weighted by Crippen LogP contribution is -2.23. The number of anilines is 1. The second kappa shape index (κ2) is 8.45. The van der Waals surface area contributed by atoms with E-state index in [-0.39, 0.29) is 17.3 Å². The van der Waals surface area contributed by atoms with Crippen LogP contribution in [0.2, 0.25) is 0 Å². The summed E-state index contributed by atoms with van der Waals surface area (Å²) >= 11 is 0. The quantitative estimate of drug-likeness (QED) is 0.709. The van der Waals surface area contributed by atoms with Crippen molar-refractivity contribution >= 4 is 27.7 Å². The summed E-state index contributed by atoms with van der Waals surface area (Å²) in [6, 6.07) is 12.5. The van der Waals surface area contributed by atoms with E-state index in [1.165, 1.54) is 38.4 Å². The minimum Gasteiger partial charge on any atom is -0.453 e. The Morgan fingerprint density at radius 2 is 1.62 bits per heavy atom. The van der Waals surface area contributed by atoms with Crippen molar-refractivity contribution in [2.45, 2.75) is 11.4 Å². The maximum Gasteiger partial charge on any atom is 0.411 e. The zero-order chi connectivity index (χ0) is 19.2.